The Labute approximate surface area is 65.7 Å². The first-order valence-corrected chi connectivity index (χ1v) is 3.84. The van der Waals surface area contributed by atoms with Gasteiger partial charge in [-0.2, -0.15) is 10.5 Å². The first-order valence-electron chi connectivity index (χ1n) is 3.84. The van der Waals surface area contributed by atoms with Crippen LogP contribution in [0.15, 0.2) is 12.2 Å². The molecule has 2 heteroatoms. The lowest BCUT2D eigenvalue weighted by Crippen LogP contribution is -2.15. The zero-order valence-corrected chi connectivity index (χ0v) is 6.07. The highest BCUT2D eigenvalue weighted by Gasteiger charge is 2.44. The van der Waals surface area contributed by atoms with E-state index in [0.717, 1.165) is 6.42 Å². The molecule has 2 aliphatic carbocycles. The van der Waals surface area contributed by atoms with Crippen molar-refractivity contribution in [2.24, 2.45) is 23.7 Å². The van der Waals surface area contributed by atoms with Gasteiger partial charge in [0.15, 0.2) is 0 Å². The number of hydrogen-bond acceptors (Lipinski definition) is 2. The summed E-state index contributed by atoms with van der Waals surface area (Å²) in [5.74, 6) is 0.675. The number of nitriles is 2. The Bertz CT molecular complexity index is 251. The molecule has 0 aromatic heterocycles. The molecule has 54 valence electrons. The first-order chi connectivity index (χ1) is 5.36. The zero-order chi connectivity index (χ0) is 7.84. The molecule has 0 aromatic rings. The normalized spacial score (nSPS) is 45.3. The molecule has 0 spiro atoms. The molecule has 0 aliphatic heterocycles. The Morgan fingerprint density at radius 2 is 1.45 bits per heavy atom. The largest absolute Gasteiger partial charge is 0.198 e. The fourth-order valence-corrected chi connectivity index (χ4v) is 2.17. The summed E-state index contributed by atoms with van der Waals surface area (Å²) in [6, 6.07) is 4.45. The molecule has 2 rings (SSSR count). The van der Waals surface area contributed by atoms with E-state index in [2.05, 4.69) is 24.3 Å². The predicted molar refractivity (Wildman–Crippen MR) is 38.9 cm³/mol. The van der Waals surface area contributed by atoms with Gasteiger partial charge in [-0.1, -0.05) is 12.2 Å². The van der Waals surface area contributed by atoms with E-state index in [1.807, 2.05) is 0 Å². The average Bonchev–Trinajstić information content (AvgIpc) is 2.60. The lowest BCUT2D eigenvalue weighted by atomic mass is 9.85. The molecule has 0 unspecified atom stereocenters. The third kappa shape index (κ3) is 0.700. The molecule has 0 N–H and O–H groups in total. The maximum Gasteiger partial charge on any atom is 0.0690 e. The van der Waals surface area contributed by atoms with Crippen LogP contribution < -0.4 is 0 Å². The van der Waals surface area contributed by atoms with Crippen molar-refractivity contribution < 1.29 is 0 Å². The summed E-state index contributed by atoms with van der Waals surface area (Å²) in [5, 5.41) is 17.5. The zero-order valence-electron chi connectivity index (χ0n) is 6.07. The van der Waals surface area contributed by atoms with Gasteiger partial charge in [0.05, 0.1) is 24.0 Å². The van der Waals surface area contributed by atoms with Gasteiger partial charge in [-0.05, 0) is 18.3 Å². The molecule has 2 bridgehead atoms. The third-order valence-corrected chi connectivity index (χ3v) is 2.76. The molecule has 0 saturated heterocycles. The minimum Gasteiger partial charge on any atom is -0.198 e. The Kier molecular flexibility index (Phi) is 1.23. The summed E-state index contributed by atoms with van der Waals surface area (Å²) >= 11 is 0. The molecule has 0 heterocycles. The molecule has 0 aromatic carbocycles. The lowest BCUT2D eigenvalue weighted by molar-refractivity contribution is 0.468. The van der Waals surface area contributed by atoms with Crippen LogP contribution in [0.3, 0.4) is 0 Å². The van der Waals surface area contributed by atoms with Gasteiger partial charge in [-0.3, -0.25) is 0 Å². The van der Waals surface area contributed by atoms with Crippen molar-refractivity contribution in [2.45, 2.75) is 6.42 Å². The standard InChI is InChI=1S/C9H8N2/c10-4-8-6-1-2-7(3-6)9(8)5-11/h1-2,6-9H,3H2/t6-,7+,8-,9-/m0/s1. The monoisotopic (exact) mass is 144 g/mol. The smallest absolute Gasteiger partial charge is 0.0690 e. The molecule has 1 fully saturated rings. The Hall–Kier alpha value is -1.28. The van der Waals surface area contributed by atoms with Crippen LogP contribution in [0.1, 0.15) is 6.42 Å². The fraction of sp³-hybridized carbons (Fsp3) is 0.556. The van der Waals surface area contributed by atoms with Crippen LogP contribution in [0, 0.1) is 46.3 Å². The van der Waals surface area contributed by atoms with Gasteiger partial charge in [0.25, 0.3) is 0 Å². The molecule has 1 saturated carbocycles. The van der Waals surface area contributed by atoms with Crippen LogP contribution >= 0.6 is 0 Å². The molecular formula is C9H8N2. The van der Waals surface area contributed by atoms with Crippen LogP contribution in [0.25, 0.3) is 0 Å². The number of hydrogen-bond donors (Lipinski definition) is 0. The second-order valence-corrected chi connectivity index (χ2v) is 3.26. The summed E-state index contributed by atoms with van der Waals surface area (Å²) in [4.78, 5) is 0. The number of rotatable bonds is 0. The maximum absolute atomic E-state index is 8.75. The van der Waals surface area contributed by atoms with E-state index in [4.69, 9.17) is 10.5 Å². The van der Waals surface area contributed by atoms with Gasteiger partial charge in [-0.25, -0.2) is 0 Å². The van der Waals surface area contributed by atoms with E-state index in [9.17, 15) is 0 Å². The van der Waals surface area contributed by atoms with E-state index in [1.54, 1.807) is 0 Å². The molecule has 0 radical (unpaired) electrons. The Balaban J connectivity index is 2.32. The van der Waals surface area contributed by atoms with Crippen molar-refractivity contribution >= 4 is 0 Å². The number of allylic oxidation sites excluding steroid dienone is 2. The predicted octanol–water partition coefficient (Wildman–Crippen LogP) is 1.47. The van der Waals surface area contributed by atoms with E-state index >= 15 is 0 Å². The second kappa shape index (κ2) is 2.10. The maximum atomic E-state index is 8.75. The summed E-state index contributed by atoms with van der Waals surface area (Å²) < 4.78 is 0. The van der Waals surface area contributed by atoms with Crippen molar-refractivity contribution in [1.29, 1.82) is 10.5 Å². The Morgan fingerprint density at radius 1 is 1.00 bits per heavy atom. The lowest BCUT2D eigenvalue weighted by Gasteiger charge is -2.14. The molecule has 2 nitrogen and oxygen atoms in total. The van der Waals surface area contributed by atoms with Gasteiger partial charge in [-0.15, -0.1) is 0 Å². The minimum absolute atomic E-state index is 0.0324. The van der Waals surface area contributed by atoms with Crippen molar-refractivity contribution in [3.05, 3.63) is 12.2 Å². The molecule has 0 amide bonds. The average molecular weight is 144 g/mol. The summed E-state index contributed by atoms with van der Waals surface area (Å²) in [6.07, 6.45) is 5.20. The van der Waals surface area contributed by atoms with Gasteiger partial charge >= 0.3 is 0 Å². The van der Waals surface area contributed by atoms with Gasteiger partial charge < -0.3 is 0 Å². The minimum atomic E-state index is -0.0324. The van der Waals surface area contributed by atoms with E-state index in [1.165, 1.54) is 0 Å². The highest BCUT2D eigenvalue weighted by Crippen LogP contribution is 2.47. The quantitative estimate of drug-likeness (QED) is 0.483. The van der Waals surface area contributed by atoms with Gasteiger partial charge in [0.1, 0.15) is 0 Å². The van der Waals surface area contributed by atoms with Crippen molar-refractivity contribution in [1.82, 2.24) is 0 Å². The number of nitrogens with zero attached hydrogens (tertiary/aromatic N) is 2. The Morgan fingerprint density at radius 3 is 1.82 bits per heavy atom. The van der Waals surface area contributed by atoms with Crippen molar-refractivity contribution in [3.63, 3.8) is 0 Å². The third-order valence-electron chi connectivity index (χ3n) is 2.76. The van der Waals surface area contributed by atoms with Crippen molar-refractivity contribution in [3.8, 4) is 12.1 Å². The molecular weight excluding hydrogens is 136 g/mol. The van der Waals surface area contributed by atoms with Crippen LogP contribution in [-0.2, 0) is 0 Å². The highest BCUT2D eigenvalue weighted by atomic mass is 14.5. The molecule has 4 atom stereocenters. The fourth-order valence-electron chi connectivity index (χ4n) is 2.17. The SMILES string of the molecule is N#C[C@@H]1[C@@H](C#N)[C@H]2C=C[C@@H]1C2. The van der Waals surface area contributed by atoms with Crippen LogP contribution in [-0.4, -0.2) is 0 Å². The van der Waals surface area contributed by atoms with Crippen LogP contribution in [0.4, 0.5) is 0 Å². The van der Waals surface area contributed by atoms with Gasteiger partial charge in [0, 0.05) is 0 Å². The highest BCUT2D eigenvalue weighted by molar-refractivity contribution is 5.22. The summed E-state index contributed by atoms with van der Waals surface area (Å²) in [7, 11) is 0. The van der Waals surface area contributed by atoms with Crippen molar-refractivity contribution in [2.75, 3.05) is 0 Å². The van der Waals surface area contributed by atoms with Gasteiger partial charge in [0.2, 0.25) is 0 Å². The topological polar surface area (TPSA) is 47.6 Å². The van der Waals surface area contributed by atoms with E-state index in [-0.39, 0.29) is 11.8 Å². The van der Waals surface area contributed by atoms with Crippen LogP contribution in [0.2, 0.25) is 0 Å². The van der Waals surface area contributed by atoms with E-state index < -0.39 is 0 Å². The summed E-state index contributed by atoms with van der Waals surface area (Å²) in [6.45, 7) is 0. The van der Waals surface area contributed by atoms with E-state index in [0.29, 0.717) is 11.8 Å². The number of fused-ring (bicyclic) bond motifs is 2. The first kappa shape index (κ1) is 6.43. The molecule has 2 aliphatic rings. The van der Waals surface area contributed by atoms with Crippen LogP contribution in [0.5, 0.6) is 0 Å². The summed E-state index contributed by atoms with van der Waals surface area (Å²) in [5.41, 5.74) is 0. The molecule has 11 heavy (non-hydrogen) atoms. The second-order valence-electron chi connectivity index (χ2n) is 3.26.